The van der Waals surface area contributed by atoms with Crippen molar-refractivity contribution in [1.82, 2.24) is 0 Å². The van der Waals surface area contributed by atoms with Crippen LogP contribution < -0.4 is 0 Å². The van der Waals surface area contributed by atoms with Crippen LogP contribution in [0.15, 0.2) is 35.9 Å². The van der Waals surface area contributed by atoms with E-state index in [0.717, 1.165) is 5.57 Å². The van der Waals surface area contributed by atoms with Gasteiger partial charge in [-0.25, -0.2) is 0 Å². The van der Waals surface area contributed by atoms with Gasteiger partial charge >= 0.3 is 0 Å². The van der Waals surface area contributed by atoms with Gasteiger partial charge in [-0.2, -0.15) is 0 Å². The van der Waals surface area contributed by atoms with Gasteiger partial charge in [-0.3, -0.25) is 9.59 Å². The van der Waals surface area contributed by atoms with E-state index < -0.39 is 23.2 Å². The molecule has 1 aliphatic heterocycles. The van der Waals surface area contributed by atoms with Crippen molar-refractivity contribution >= 4 is 11.6 Å². The first-order chi connectivity index (χ1) is 11.2. The first-order valence-corrected chi connectivity index (χ1v) is 8.38. The highest BCUT2D eigenvalue weighted by molar-refractivity contribution is 6.19. The Hall–Kier alpha value is -1.78. The Morgan fingerprint density at radius 3 is 2.50 bits per heavy atom. The van der Waals surface area contributed by atoms with Gasteiger partial charge in [0.2, 0.25) is 0 Å². The second-order valence-corrected chi connectivity index (χ2v) is 7.66. The molecule has 3 atom stereocenters. The third-order valence-electron chi connectivity index (χ3n) is 5.10. The van der Waals surface area contributed by atoms with Crippen molar-refractivity contribution in [3.63, 3.8) is 0 Å². The lowest BCUT2D eigenvalue weighted by Gasteiger charge is -2.37. The minimum Gasteiger partial charge on any atom is -0.388 e. The van der Waals surface area contributed by atoms with Crippen molar-refractivity contribution in [3.8, 4) is 0 Å². The molecule has 128 valence electrons. The molecule has 0 spiro atoms. The summed E-state index contributed by atoms with van der Waals surface area (Å²) in [6, 6.07) is 6.94. The van der Waals surface area contributed by atoms with Crippen LogP contribution in [0, 0.1) is 5.92 Å². The average molecular weight is 328 g/mol. The monoisotopic (exact) mass is 328 g/mol. The summed E-state index contributed by atoms with van der Waals surface area (Å²) < 4.78 is 6.14. The maximum Gasteiger partial charge on any atom is 0.196 e. The van der Waals surface area contributed by atoms with E-state index in [-0.39, 0.29) is 11.6 Å². The van der Waals surface area contributed by atoms with Crippen LogP contribution >= 0.6 is 0 Å². The number of benzene rings is 1. The van der Waals surface area contributed by atoms with Gasteiger partial charge in [0.1, 0.15) is 5.60 Å². The Balaban J connectivity index is 2.13. The summed E-state index contributed by atoms with van der Waals surface area (Å²) in [4.78, 5) is 26.3. The molecule has 1 N–H and O–H groups in total. The lowest BCUT2D eigenvalue weighted by molar-refractivity contribution is -0.109. The number of hydrogen-bond donors (Lipinski definition) is 1. The molecule has 1 fully saturated rings. The molecule has 0 bridgehead atoms. The first kappa shape index (κ1) is 17.1. The highest BCUT2D eigenvalue weighted by Gasteiger charge is 2.61. The fraction of sp³-hybridized carbons (Fsp3) is 0.500. The maximum atomic E-state index is 13.3. The fourth-order valence-corrected chi connectivity index (χ4v) is 3.70. The van der Waals surface area contributed by atoms with Gasteiger partial charge in [0, 0.05) is 17.5 Å². The van der Waals surface area contributed by atoms with Gasteiger partial charge in [0.05, 0.1) is 17.6 Å². The highest BCUT2D eigenvalue weighted by atomic mass is 16.5. The predicted octanol–water partition coefficient (Wildman–Crippen LogP) is 3.34. The molecular formula is C20H24O4. The number of carbonyl (C=O) groups excluding carboxylic acids is 2. The molecule has 1 heterocycles. The molecule has 4 nitrogen and oxygen atoms in total. The zero-order chi connectivity index (χ0) is 17.7. The number of ketones is 2. The third-order valence-corrected chi connectivity index (χ3v) is 5.10. The van der Waals surface area contributed by atoms with Crippen molar-refractivity contribution in [3.05, 3.63) is 47.0 Å². The van der Waals surface area contributed by atoms with Crippen molar-refractivity contribution in [2.75, 3.05) is 0 Å². The minimum absolute atomic E-state index is 0.0564. The maximum absolute atomic E-state index is 13.3. The van der Waals surface area contributed by atoms with Crippen molar-refractivity contribution in [1.29, 1.82) is 0 Å². The van der Waals surface area contributed by atoms with Gasteiger partial charge in [0.15, 0.2) is 11.6 Å². The van der Waals surface area contributed by atoms with Gasteiger partial charge in [-0.05, 0) is 34.1 Å². The molecule has 0 amide bonds. The van der Waals surface area contributed by atoms with Crippen LogP contribution in [0.25, 0.3) is 0 Å². The van der Waals surface area contributed by atoms with Crippen LogP contribution in [-0.4, -0.2) is 34.0 Å². The molecule has 4 heteroatoms. The largest absolute Gasteiger partial charge is 0.388 e. The Morgan fingerprint density at radius 1 is 1.29 bits per heavy atom. The summed E-state index contributed by atoms with van der Waals surface area (Å²) in [5.41, 5.74) is -0.342. The minimum atomic E-state index is -1.20. The number of allylic oxidation sites excluding steroid dienone is 1. The zero-order valence-electron chi connectivity index (χ0n) is 14.6. The molecule has 2 aliphatic rings. The molecule has 0 unspecified atom stereocenters. The van der Waals surface area contributed by atoms with Crippen LogP contribution in [0.3, 0.4) is 0 Å². The molecule has 0 aromatic heterocycles. The Bertz CT molecular complexity index is 721. The summed E-state index contributed by atoms with van der Waals surface area (Å²) in [6.07, 6.45) is 2.11. The molecular weight excluding hydrogens is 304 g/mol. The number of carbonyl (C=O) groups is 2. The number of aliphatic hydroxyl groups is 1. The number of rotatable bonds is 3. The normalized spacial score (nSPS) is 29.2. The molecule has 1 aromatic carbocycles. The summed E-state index contributed by atoms with van der Waals surface area (Å²) in [5, 5.41) is 10.4. The molecule has 3 rings (SSSR count). The van der Waals surface area contributed by atoms with Gasteiger partial charge in [0.25, 0.3) is 0 Å². The number of hydrogen-bond acceptors (Lipinski definition) is 4. The predicted molar refractivity (Wildman–Crippen MR) is 91.2 cm³/mol. The van der Waals surface area contributed by atoms with Crippen LogP contribution in [-0.2, 0) is 4.74 Å². The van der Waals surface area contributed by atoms with E-state index in [0.29, 0.717) is 24.0 Å². The van der Waals surface area contributed by atoms with Gasteiger partial charge in [-0.1, -0.05) is 35.9 Å². The number of ether oxygens (including phenoxy) is 1. The SMILES string of the molecule is CC(C)=CC[C@]12O[C@H](C(C)(C)O)C[C@H]1C(=O)c1ccccc1C2=O. The zero-order valence-corrected chi connectivity index (χ0v) is 14.6. The molecule has 0 radical (unpaired) electrons. The van der Waals surface area contributed by atoms with Crippen molar-refractivity contribution in [2.45, 2.75) is 57.8 Å². The lowest BCUT2D eigenvalue weighted by atomic mass is 9.68. The van der Waals surface area contributed by atoms with Crippen LogP contribution in [0.4, 0.5) is 0 Å². The lowest BCUT2D eigenvalue weighted by Crippen LogP contribution is -2.51. The van der Waals surface area contributed by atoms with Crippen molar-refractivity contribution in [2.24, 2.45) is 5.92 Å². The molecule has 1 saturated heterocycles. The van der Waals surface area contributed by atoms with Crippen molar-refractivity contribution < 1.29 is 19.4 Å². The van der Waals surface area contributed by atoms with Crippen LogP contribution in [0.5, 0.6) is 0 Å². The van der Waals surface area contributed by atoms with Crippen LogP contribution in [0.1, 0.15) is 61.3 Å². The second-order valence-electron chi connectivity index (χ2n) is 7.66. The average Bonchev–Trinajstić information content (AvgIpc) is 2.92. The highest BCUT2D eigenvalue weighted by Crippen LogP contribution is 2.49. The van der Waals surface area contributed by atoms with Gasteiger partial charge in [-0.15, -0.1) is 0 Å². The molecule has 24 heavy (non-hydrogen) atoms. The third kappa shape index (κ3) is 2.54. The number of Topliss-reactive ketones (excluding diaryl/α,β-unsaturated/α-hetero) is 2. The summed E-state index contributed by atoms with van der Waals surface area (Å²) in [7, 11) is 0. The van der Waals surface area contributed by atoms with E-state index in [4.69, 9.17) is 4.74 Å². The Kier molecular flexibility index (Phi) is 4.01. The Labute approximate surface area is 142 Å². The number of fused-ring (bicyclic) bond motifs is 2. The van der Waals surface area contributed by atoms with Crippen LogP contribution in [0.2, 0.25) is 0 Å². The summed E-state index contributed by atoms with van der Waals surface area (Å²) >= 11 is 0. The van der Waals surface area contributed by atoms with E-state index in [1.165, 1.54) is 0 Å². The quantitative estimate of drug-likeness (QED) is 0.865. The fourth-order valence-electron chi connectivity index (χ4n) is 3.70. The smallest absolute Gasteiger partial charge is 0.196 e. The molecule has 1 aliphatic carbocycles. The molecule has 1 aromatic rings. The van der Waals surface area contributed by atoms with Gasteiger partial charge < -0.3 is 9.84 Å². The van der Waals surface area contributed by atoms with E-state index >= 15 is 0 Å². The van der Waals surface area contributed by atoms with E-state index in [1.807, 2.05) is 19.9 Å². The summed E-state index contributed by atoms with van der Waals surface area (Å²) in [6.45, 7) is 7.23. The Morgan fingerprint density at radius 2 is 1.92 bits per heavy atom. The summed E-state index contributed by atoms with van der Waals surface area (Å²) in [5.74, 6) is -0.752. The first-order valence-electron chi connectivity index (χ1n) is 8.38. The van der Waals surface area contributed by atoms with E-state index in [9.17, 15) is 14.7 Å². The molecule has 0 saturated carbocycles. The van der Waals surface area contributed by atoms with E-state index in [1.54, 1.807) is 38.1 Å². The second kappa shape index (κ2) is 5.64. The topological polar surface area (TPSA) is 63.6 Å². The standard InChI is InChI=1S/C20H24O4/c1-12(2)9-10-20-15(11-16(24-20)19(3,4)23)17(21)13-7-5-6-8-14(13)18(20)22/h5-9,15-16,23H,10-11H2,1-4H3/t15-,16-,20-/m0/s1. The van der Waals surface area contributed by atoms with E-state index in [2.05, 4.69) is 0 Å².